The summed E-state index contributed by atoms with van der Waals surface area (Å²) in [5.41, 5.74) is 0.457. The molecular formula is C11H7ClN2O2S. The van der Waals surface area contributed by atoms with Gasteiger partial charge in [-0.1, -0.05) is 29.0 Å². The fourth-order valence-electron chi connectivity index (χ4n) is 1.76. The predicted octanol–water partition coefficient (Wildman–Crippen LogP) is 2.57. The quantitative estimate of drug-likeness (QED) is 0.680. The Labute approximate surface area is 105 Å². The molecule has 0 aliphatic carbocycles. The molecular weight excluding hydrogens is 260 g/mol. The predicted molar refractivity (Wildman–Crippen MR) is 68.4 cm³/mol. The van der Waals surface area contributed by atoms with Crippen LogP contribution in [0.5, 0.6) is 5.75 Å². The molecule has 0 unspecified atom stereocenters. The van der Waals surface area contributed by atoms with E-state index in [1.54, 1.807) is 24.4 Å². The summed E-state index contributed by atoms with van der Waals surface area (Å²) in [5, 5.41) is 0.474. The van der Waals surface area contributed by atoms with Crippen LogP contribution in [0, 0.1) is 0 Å². The second-order valence-electron chi connectivity index (χ2n) is 3.46. The number of benzene rings is 1. The zero-order chi connectivity index (χ0) is 12.0. The number of thiazole rings is 1. The summed E-state index contributed by atoms with van der Waals surface area (Å²) >= 11 is 7.16. The van der Waals surface area contributed by atoms with E-state index < -0.39 is 0 Å². The van der Waals surface area contributed by atoms with Crippen LogP contribution < -0.4 is 10.3 Å². The van der Waals surface area contributed by atoms with Crippen LogP contribution in [-0.4, -0.2) is 16.5 Å². The molecule has 0 fully saturated rings. The first-order valence-corrected chi connectivity index (χ1v) is 6.04. The van der Waals surface area contributed by atoms with Crippen LogP contribution >= 0.6 is 22.9 Å². The van der Waals surface area contributed by atoms with E-state index >= 15 is 0 Å². The Morgan fingerprint density at radius 1 is 1.47 bits per heavy atom. The van der Waals surface area contributed by atoms with Gasteiger partial charge in [0.25, 0.3) is 5.56 Å². The third-order valence-electron chi connectivity index (χ3n) is 2.50. The molecule has 0 atom stereocenters. The van der Waals surface area contributed by atoms with Crippen LogP contribution in [-0.2, 0) is 0 Å². The van der Waals surface area contributed by atoms with E-state index in [0.29, 0.717) is 25.9 Å². The van der Waals surface area contributed by atoms with E-state index in [9.17, 15) is 4.79 Å². The molecule has 0 aliphatic heterocycles. The van der Waals surface area contributed by atoms with E-state index in [1.165, 1.54) is 22.8 Å². The highest BCUT2D eigenvalue weighted by molar-refractivity contribution is 7.20. The number of hydrogen-bond acceptors (Lipinski definition) is 4. The van der Waals surface area contributed by atoms with Gasteiger partial charge in [-0.05, 0) is 12.1 Å². The molecule has 86 valence electrons. The van der Waals surface area contributed by atoms with Gasteiger partial charge in [-0.15, -0.1) is 0 Å². The van der Waals surface area contributed by atoms with Crippen LogP contribution in [0.3, 0.4) is 0 Å². The standard InChI is InChI=1S/C11H7ClN2O2S/c1-16-7-4-2-3-6-9(7)10(15)14-5-8(12)17-11(14)13-6/h2-5H,1H3. The Balaban J connectivity index is 2.59. The molecule has 4 nitrogen and oxygen atoms in total. The van der Waals surface area contributed by atoms with Crippen molar-refractivity contribution < 1.29 is 4.74 Å². The maximum absolute atomic E-state index is 12.3. The number of fused-ring (bicyclic) bond motifs is 2. The monoisotopic (exact) mass is 266 g/mol. The minimum atomic E-state index is -0.161. The molecule has 3 aromatic rings. The number of hydrogen-bond donors (Lipinski definition) is 0. The number of rotatable bonds is 1. The van der Waals surface area contributed by atoms with E-state index in [4.69, 9.17) is 16.3 Å². The second-order valence-corrected chi connectivity index (χ2v) is 5.10. The number of methoxy groups -OCH3 is 1. The van der Waals surface area contributed by atoms with Crippen molar-refractivity contribution in [3.63, 3.8) is 0 Å². The molecule has 1 aromatic carbocycles. The Bertz CT molecular complexity index is 778. The molecule has 2 aromatic heterocycles. The molecule has 0 amide bonds. The molecule has 0 bridgehead atoms. The summed E-state index contributed by atoms with van der Waals surface area (Å²) in [6.45, 7) is 0. The number of halogens is 1. The lowest BCUT2D eigenvalue weighted by atomic mass is 10.2. The first-order valence-electron chi connectivity index (χ1n) is 4.85. The Morgan fingerprint density at radius 2 is 2.29 bits per heavy atom. The van der Waals surface area contributed by atoms with Gasteiger partial charge in [0.15, 0.2) is 4.96 Å². The molecule has 6 heteroatoms. The van der Waals surface area contributed by atoms with Crippen molar-refractivity contribution in [3.8, 4) is 5.75 Å². The van der Waals surface area contributed by atoms with Crippen LogP contribution in [0.4, 0.5) is 0 Å². The van der Waals surface area contributed by atoms with E-state index in [2.05, 4.69) is 4.98 Å². The first-order chi connectivity index (χ1) is 8.20. The number of ether oxygens (including phenoxy) is 1. The molecule has 2 heterocycles. The number of aromatic nitrogens is 2. The zero-order valence-corrected chi connectivity index (χ0v) is 10.4. The molecule has 0 saturated carbocycles. The summed E-state index contributed by atoms with van der Waals surface area (Å²) < 4.78 is 7.15. The maximum atomic E-state index is 12.3. The summed E-state index contributed by atoms with van der Waals surface area (Å²) in [6.07, 6.45) is 1.57. The molecule has 17 heavy (non-hydrogen) atoms. The van der Waals surface area contributed by atoms with Gasteiger partial charge in [-0.25, -0.2) is 4.98 Å². The average Bonchev–Trinajstić information content (AvgIpc) is 2.69. The summed E-state index contributed by atoms with van der Waals surface area (Å²) in [6, 6.07) is 5.33. The van der Waals surface area contributed by atoms with Gasteiger partial charge in [0.1, 0.15) is 15.5 Å². The lowest BCUT2D eigenvalue weighted by Gasteiger charge is -2.03. The topological polar surface area (TPSA) is 43.6 Å². The third-order valence-corrected chi connectivity index (χ3v) is 3.60. The number of nitrogens with zero attached hydrogens (tertiary/aromatic N) is 2. The van der Waals surface area contributed by atoms with Gasteiger partial charge in [0.2, 0.25) is 0 Å². The summed E-state index contributed by atoms with van der Waals surface area (Å²) in [5.74, 6) is 0.525. The largest absolute Gasteiger partial charge is 0.496 e. The van der Waals surface area contributed by atoms with Crippen molar-refractivity contribution in [3.05, 3.63) is 39.1 Å². The minimum absolute atomic E-state index is 0.161. The van der Waals surface area contributed by atoms with Crippen molar-refractivity contribution in [1.29, 1.82) is 0 Å². The van der Waals surface area contributed by atoms with E-state index in [-0.39, 0.29) is 5.56 Å². The smallest absolute Gasteiger partial charge is 0.270 e. The van der Waals surface area contributed by atoms with Crippen LogP contribution in [0.2, 0.25) is 4.34 Å². The van der Waals surface area contributed by atoms with Crippen molar-refractivity contribution in [2.45, 2.75) is 0 Å². The van der Waals surface area contributed by atoms with E-state index in [1.807, 2.05) is 0 Å². The Morgan fingerprint density at radius 3 is 3.06 bits per heavy atom. The van der Waals surface area contributed by atoms with Gasteiger partial charge in [-0.3, -0.25) is 9.20 Å². The maximum Gasteiger partial charge on any atom is 0.270 e. The highest BCUT2D eigenvalue weighted by Crippen LogP contribution is 2.25. The molecule has 0 saturated heterocycles. The molecule has 0 N–H and O–H groups in total. The van der Waals surface area contributed by atoms with Crippen molar-refractivity contribution in [2.24, 2.45) is 0 Å². The van der Waals surface area contributed by atoms with Gasteiger partial charge in [-0.2, -0.15) is 0 Å². The lowest BCUT2D eigenvalue weighted by Crippen LogP contribution is -2.13. The first kappa shape index (κ1) is 10.6. The van der Waals surface area contributed by atoms with Crippen LogP contribution in [0.15, 0.2) is 29.2 Å². The average molecular weight is 267 g/mol. The SMILES string of the molecule is COc1cccc2nc3sc(Cl)cn3c(=O)c12. The van der Waals surface area contributed by atoms with Crippen LogP contribution in [0.25, 0.3) is 15.9 Å². The summed E-state index contributed by atoms with van der Waals surface area (Å²) in [7, 11) is 1.53. The van der Waals surface area contributed by atoms with Crippen molar-refractivity contribution >= 4 is 38.8 Å². The van der Waals surface area contributed by atoms with Gasteiger partial charge < -0.3 is 4.74 Å². The van der Waals surface area contributed by atoms with Crippen molar-refractivity contribution in [1.82, 2.24) is 9.38 Å². The second kappa shape index (κ2) is 3.72. The van der Waals surface area contributed by atoms with Crippen LogP contribution in [0.1, 0.15) is 0 Å². The van der Waals surface area contributed by atoms with Crippen molar-refractivity contribution in [2.75, 3.05) is 7.11 Å². The molecule has 0 spiro atoms. The molecule has 0 radical (unpaired) electrons. The zero-order valence-electron chi connectivity index (χ0n) is 8.81. The molecule has 0 aliphatic rings. The fraction of sp³-hybridized carbons (Fsp3) is 0.0909. The third kappa shape index (κ3) is 1.50. The highest BCUT2D eigenvalue weighted by atomic mass is 35.5. The normalized spacial score (nSPS) is 11.2. The fourth-order valence-corrected chi connectivity index (χ4v) is 2.78. The van der Waals surface area contributed by atoms with Gasteiger partial charge in [0, 0.05) is 6.20 Å². The summed E-state index contributed by atoms with van der Waals surface area (Å²) in [4.78, 5) is 17.2. The minimum Gasteiger partial charge on any atom is -0.496 e. The highest BCUT2D eigenvalue weighted by Gasteiger charge is 2.11. The lowest BCUT2D eigenvalue weighted by molar-refractivity contribution is 0.419. The Kier molecular flexibility index (Phi) is 2.31. The van der Waals surface area contributed by atoms with Gasteiger partial charge in [0.05, 0.1) is 12.6 Å². The molecule has 3 rings (SSSR count). The Hall–Kier alpha value is -1.59. The van der Waals surface area contributed by atoms with Gasteiger partial charge >= 0.3 is 0 Å². The van der Waals surface area contributed by atoms with E-state index in [0.717, 1.165) is 0 Å².